The van der Waals surface area contributed by atoms with E-state index in [1.54, 1.807) is 12.3 Å². The maximum absolute atomic E-state index is 12.1. The van der Waals surface area contributed by atoms with Crippen LogP contribution in [0.2, 0.25) is 0 Å². The number of aromatic nitrogens is 1. The second kappa shape index (κ2) is 3.58. The molecule has 0 amide bonds. The van der Waals surface area contributed by atoms with E-state index < -0.39 is 10.0 Å². The molecule has 0 unspecified atom stereocenters. The number of para-hydroxylation sites is 1. The third kappa shape index (κ3) is 1.45. The minimum absolute atomic E-state index is 0.149. The van der Waals surface area contributed by atoms with Gasteiger partial charge >= 0.3 is 0 Å². The first-order chi connectivity index (χ1) is 9.17. The number of rotatable bonds is 0. The summed E-state index contributed by atoms with van der Waals surface area (Å²) < 4.78 is 28.1. The van der Waals surface area contributed by atoms with Gasteiger partial charge in [0.1, 0.15) is 4.90 Å². The minimum Gasteiger partial charge on any atom is -0.286 e. The van der Waals surface area contributed by atoms with Crippen LogP contribution in [0.1, 0.15) is 0 Å². The number of pyridine rings is 1. The summed E-state index contributed by atoms with van der Waals surface area (Å²) in [6.07, 6.45) is 2.93. The normalized spacial score (nSPS) is 18.3. The van der Waals surface area contributed by atoms with Crippen molar-refractivity contribution < 1.29 is 8.42 Å². The summed E-state index contributed by atoms with van der Waals surface area (Å²) in [5.74, 6) is 0. The fraction of sp³-hybridized carbons (Fsp3) is 0. The van der Waals surface area contributed by atoms with Gasteiger partial charge in [0.15, 0.2) is 5.17 Å². The molecular formula is C12H7N3O2S2. The number of fused-ring (bicyclic) bond motifs is 5. The lowest BCUT2D eigenvalue weighted by molar-refractivity contribution is 0.597. The average molecular weight is 289 g/mol. The zero-order valence-electron chi connectivity index (χ0n) is 9.52. The van der Waals surface area contributed by atoms with Gasteiger partial charge in [-0.15, -0.1) is 4.40 Å². The van der Waals surface area contributed by atoms with Crippen LogP contribution in [0.15, 0.2) is 56.9 Å². The molecule has 1 aromatic heterocycles. The molecule has 0 fully saturated rings. The van der Waals surface area contributed by atoms with Gasteiger partial charge in [0.05, 0.1) is 11.4 Å². The second-order valence-corrected chi connectivity index (χ2v) is 6.68. The Morgan fingerprint density at radius 3 is 2.84 bits per heavy atom. The van der Waals surface area contributed by atoms with Gasteiger partial charge < -0.3 is 0 Å². The molecule has 1 aromatic carbocycles. The maximum atomic E-state index is 12.1. The van der Waals surface area contributed by atoms with Gasteiger partial charge in [-0.2, -0.15) is 8.42 Å². The van der Waals surface area contributed by atoms with Crippen molar-refractivity contribution in [2.24, 2.45) is 4.40 Å². The number of sulfonamides is 1. The first-order valence-corrected chi connectivity index (χ1v) is 7.78. The molecule has 0 spiro atoms. The topological polar surface area (TPSA) is 62.6 Å². The Bertz CT molecular complexity index is 830. The number of nitrogens with zero attached hydrogens (tertiary/aromatic N) is 3. The van der Waals surface area contributed by atoms with E-state index in [2.05, 4.69) is 9.38 Å². The highest BCUT2D eigenvalue weighted by Crippen LogP contribution is 2.48. The number of benzene rings is 1. The van der Waals surface area contributed by atoms with Crippen molar-refractivity contribution in [2.75, 3.05) is 4.90 Å². The summed E-state index contributed by atoms with van der Waals surface area (Å²) in [6.45, 7) is 0. The van der Waals surface area contributed by atoms with Crippen LogP contribution >= 0.6 is 11.8 Å². The molecule has 7 heteroatoms. The van der Waals surface area contributed by atoms with Crippen molar-refractivity contribution in [1.82, 2.24) is 4.98 Å². The zero-order chi connectivity index (χ0) is 13.0. The van der Waals surface area contributed by atoms with Gasteiger partial charge in [0.25, 0.3) is 10.0 Å². The van der Waals surface area contributed by atoms with E-state index in [1.807, 2.05) is 29.2 Å². The molecule has 2 aliphatic heterocycles. The summed E-state index contributed by atoms with van der Waals surface area (Å²) in [7, 11) is -3.65. The van der Waals surface area contributed by atoms with E-state index in [9.17, 15) is 8.42 Å². The van der Waals surface area contributed by atoms with Crippen LogP contribution in [0.25, 0.3) is 0 Å². The van der Waals surface area contributed by atoms with Crippen molar-refractivity contribution in [2.45, 2.75) is 9.79 Å². The van der Waals surface area contributed by atoms with Crippen LogP contribution in [0.3, 0.4) is 0 Å². The zero-order valence-corrected chi connectivity index (χ0v) is 11.1. The Balaban J connectivity index is 2.07. The van der Waals surface area contributed by atoms with Crippen LogP contribution < -0.4 is 4.90 Å². The fourth-order valence-electron chi connectivity index (χ4n) is 2.18. The molecule has 2 aromatic rings. The molecule has 5 nitrogen and oxygen atoms in total. The molecule has 2 aliphatic rings. The molecular weight excluding hydrogens is 282 g/mol. The molecule has 0 aliphatic carbocycles. The largest absolute Gasteiger partial charge is 0.288 e. The number of thioether (sulfide) groups is 1. The van der Waals surface area contributed by atoms with Gasteiger partial charge in [0.2, 0.25) is 0 Å². The highest BCUT2D eigenvalue weighted by molar-refractivity contribution is 8.15. The molecule has 0 bridgehead atoms. The number of anilines is 2. The van der Waals surface area contributed by atoms with Crippen LogP contribution in [-0.2, 0) is 10.0 Å². The molecule has 0 N–H and O–H groups in total. The van der Waals surface area contributed by atoms with E-state index in [-0.39, 0.29) is 4.90 Å². The lowest BCUT2D eigenvalue weighted by Crippen LogP contribution is -2.26. The molecule has 0 saturated heterocycles. The molecule has 0 radical (unpaired) electrons. The summed E-state index contributed by atoms with van der Waals surface area (Å²) >= 11 is 1.36. The van der Waals surface area contributed by atoms with E-state index in [4.69, 9.17) is 0 Å². The summed E-state index contributed by atoms with van der Waals surface area (Å²) in [4.78, 5) is 6.89. The standard InChI is InChI=1S/C12H7N3O2S2/c16-19(17)11-7-13-6-5-9(11)15-8-3-1-2-4-10(8)18-12(15)14-19/h1-7H. The van der Waals surface area contributed by atoms with E-state index in [0.29, 0.717) is 10.9 Å². The third-order valence-corrected chi connectivity index (χ3v) is 5.40. The van der Waals surface area contributed by atoms with Crippen molar-refractivity contribution in [3.63, 3.8) is 0 Å². The molecule has 4 rings (SSSR count). The van der Waals surface area contributed by atoms with Crippen LogP contribution in [0.5, 0.6) is 0 Å². The average Bonchev–Trinajstić information content (AvgIpc) is 2.76. The molecule has 0 atom stereocenters. The van der Waals surface area contributed by atoms with Gasteiger partial charge in [-0.05, 0) is 30.0 Å². The minimum atomic E-state index is -3.65. The van der Waals surface area contributed by atoms with Gasteiger partial charge in [-0.25, -0.2) is 0 Å². The predicted molar refractivity (Wildman–Crippen MR) is 73.3 cm³/mol. The Morgan fingerprint density at radius 1 is 1.11 bits per heavy atom. The highest BCUT2D eigenvalue weighted by Gasteiger charge is 2.37. The fourth-order valence-corrected chi connectivity index (χ4v) is 4.52. The Morgan fingerprint density at radius 2 is 1.95 bits per heavy atom. The summed E-state index contributed by atoms with van der Waals surface area (Å²) in [5.41, 5.74) is 1.56. The van der Waals surface area contributed by atoms with Crippen molar-refractivity contribution >= 4 is 38.3 Å². The van der Waals surface area contributed by atoms with Gasteiger partial charge in [-0.3, -0.25) is 9.88 Å². The SMILES string of the molecule is O=S1(=O)N=C2Sc3ccccc3N2c2ccncc21. The van der Waals surface area contributed by atoms with Crippen molar-refractivity contribution in [1.29, 1.82) is 0 Å². The van der Waals surface area contributed by atoms with E-state index >= 15 is 0 Å². The Hall–Kier alpha value is -1.86. The summed E-state index contributed by atoms with van der Waals surface area (Å²) in [5, 5.41) is 0.472. The number of amidine groups is 1. The Kier molecular flexibility index (Phi) is 2.07. The first kappa shape index (κ1) is 11.0. The predicted octanol–water partition coefficient (Wildman–Crippen LogP) is 2.38. The van der Waals surface area contributed by atoms with Crippen LogP contribution in [-0.4, -0.2) is 18.6 Å². The third-order valence-electron chi connectivity index (χ3n) is 2.98. The molecule has 0 saturated carbocycles. The lowest BCUT2D eigenvalue weighted by Gasteiger charge is -2.24. The quantitative estimate of drug-likeness (QED) is 0.745. The van der Waals surface area contributed by atoms with Crippen molar-refractivity contribution in [3.05, 3.63) is 42.7 Å². The first-order valence-electron chi connectivity index (χ1n) is 5.53. The van der Waals surface area contributed by atoms with Gasteiger partial charge in [-0.1, -0.05) is 12.1 Å². The summed E-state index contributed by atoms with van der Waals surface area (Å²) in [6, 6.07) is 9.45. The number of hydrogen-bond donors (Lipinski definition) is 0. The maximum Gasteiger partial charge on any atom is 0.288 e. The highest BCUT2D eigenvalue weighted by atomic mass is 32.2. The smallest absolute Gasteiger partial charge is 0.286 e. The van der Waals surface area contributed by atoms with Crippen molar-refractivity contribution in [3.8, 4) is 0 Å². The molecule has 94 valence electrons. The van der Waals surface area contributed by atoms with Crippen LogP contribution in [0.4, 0.5) is 11.4 Å². The number of hydrogen-bond acceptors (Lipinski definition) is 5. The van der Waals surface area contributed by atoms with Crippen LogP contribution in [0, 0.1) is 0 Å². The molecule has 3 heterocycles. The Labute approximate surface area is 114 Å². The van der Waals surface area contributed by atoms with Gasteiger partial charge in [0, 0.05) is 17.3 Å². The lowest BCUT2D eigenvalue weighted by atomic mass is 10.2. The monoisotopic (exact) mass is 289 g/mol. The van der Waals surface area contributed by atoms with E-state index in [1.165, 1.54) is 18.0 Å². The second-order valence-electron chi connectivity index (χ2n) is 4.10. The van der Waals surface area contributed by atoms with E-state index in [0.717, 1.165) is 10.6 Å². The molecule has 19 heavy (non-hydrogen) atoms.